The van der Waals surface area contributed by atoms with E-state index in [2.05, 4.69) is 25.3 Å². The zero-order valence-electron chi connectivity index (χ0n) is 21.0. The average Bonchev–Trinajstić information content (AvgIpc) is 2.90. The molecule has 0 aliphatic heterocycles. The van der Waals surface area contributed by atoms with Crippen molar-refractivity contribution in [3.05, 3.63) is 82.2 Å². The molecule has 198 valence electrons. The Morgan fingerprint density at radius 3 is 1.57 bits per heavy atom. The summed E-state index contributed by atoms with van der Waals surface area (Å²) in [5, 5.41) is 13.1. The molecule has 37 heavy (non-hydrogen) atoms. The van der Waals surface area contributed by atoms with E-state index >= 15 is 0 Å². The van der Waals surface area contributed by atoms with Crippen LogP contribution in [0.5, 0.6) is 0 Å². The summed E-state index contributed by atoms with van der Waals surface area (Å²) in [6, 6.07) is 5.29. The van der Waals surface area contributed by atoms with E-state index in [1.165, 1.54) is 44.4 Å². The van der Waals surface area contributed by atoms with Crippen LogP contribution in [-0.4, -0.2) is 45.9 Å². The summed E-state index contributed by atoms with van der Waals surface area (Å²) in [6.45, 7) is 6.67. The molecule has 0 unspecified atom stereocenters. The first kappa shape index (κ1) is 30.6. The number of hydrogen-bond acceptors (Lipinski definition) is 7. The highest BCUT2D eigenvalue weighted by molar-refractivity contribution is 6.00. The molecular weight excluding hydrogens is 490 g/mol. The molecule has 0 bridgehead atoms. The maximum absolute atomic E-state index is 13.5. The second-order valence-electron chi connectivity index (χ2n) is 7.08. The second kappa shape index (κ2) is 14.8. The molecule has 2 heterocycles. The van der Waals surface area contributed by atoms with Crippen LogP contribution < -0.4 is 10.6 Å². The number of carboxylic acid groups (broad SMARTS) is 1. The van der Waals surface area contributed by atoms with E-state index in [1.807, 2.05) is 13.8 Å². The Morgan fingerprint density at radius 2 is 1.24 bits per heavy atom. The SMILES string of the molecule is C/C=C(/NC(=O)c1nc(CC)ccc1F)C(=O)O.C/C=C(/NC(=O)c1nc(CC)ccc1F)C(=O)OC. The highest BCUT2D eigenvalue weighted by atomic mass is 19.1. The molecule has 2 aromatic heterocycles. The number of ether oxygens (including phenoxy) is 1. The maximum atomic E-state index is 13.5. The fraction of sp³-hybridized carbons (Fsp3) is 0.280. The predicted octanol–water partition coefficient (Wildman–Crippen LogP) is 3.09. The number of pyridine rings is 2. The van der Waals surface area contributed by atoms with Crippen molar-refractivity contribution in [2.45, 2.75) is 40.5 Å². The fourth-order valence-corrected chi connectivity index (χ4v) is 2.64. The number of nitrogens with one attached hydrogen (secondary N) is 2. The Kier molecular flexibility index (Phi) is 12.2. The Labute approximate surface area is 212 Å². The fourth-order valence-electron chi connectivity index (χ4n) is 2.64. The van der Waals surface area contributed by atoms with Gasteiger partial charge in [-0.2, -0.15) is 0 Å². The minimum absolute atomic E-state index is 0.0596. The molecule has 0 aliphatic rings. The Balaban J connectivity index is 0.000000371. The van der Waals surface area contributed by atoms with Crippen LogP contribution in [0, 0.1) is 11.6 Å². The van der Waals surface area contributed by atoms with Gasteiger partial charge in [-0.15, -0.1) is 0 Å². The van der Waals surface area contributed by atoms with Crippen LogP contribution in [-0.2, 0) is 27.2 Å². The van der Waals surface area contributed by atoms with Crippen molar-refractivity contribution in [3.8, 4) is 0 Å². The van der Waals surface area contributed by atoms with E-state index in [1.54, 1.807) is 6.92 Å². The zero-order valence-corrected chi connectivity index (χ0v) is 21.0. The Hall–Kier alpha value is -4.48. The summed E-state index contributed by atoms with van der Waals surface area (Å²) in [5.41, 5.74) is 0.0156. The van der Waals surface area contributed by atoms with Gasteiger partial charge in [-0.3, -0.25) is 9.59 Å². The smallest absolute Gasteiger partial charge is 0.354 e. The number of carbonyl (C=O) groups is 4. The lowest BCUT2D eigenvalue weighted by molar-refractivity contribution is -0.136. The number of rotatable bonds is 8. The lowest BCUT2D eigenvalue weighted by Crippen LogP contribution is -2.29. The van der Waals surface area contributed by atoms with Gasteiger partial charge in [-0.05, 0) is 51.0 Å². The van der Waals surface area contributed by atoms with E-state index in [0.29, 0.717) is 24.2 Å². The van der Waals surface area contributed by atoms with Crippen molar-refractivity contribution in [1.82, 2.24) is 20.6 Å². The number of halogens is 2. The number of carbonyl (C=O) groups excluding carboxylic acids is 3. The molecule has 3 N–H and O–H groups in total. The van der Waals surface area contributed by atoms with Gasteiger partial charge in [0.15, 0.2) is 23.0 Å². The third kappa shape index (κ3) is 8.91. The van der Waals surface area contributed by atoms with Gasteiger partial charge in [0.2, 0.25) is 0 Å². The van der Waals surface area contributed by atoms with E-state index in [9.17, 15) is 28.0 Å². The minimum atomic E-state index is -1.29. The summed E-state index contributed by atoms with van der Waals surface area (Å²) in [6.07, 6.45) is 3.71. The number of aryl methyl sites for hydroxylation is 2. The van der Waals surface area contributed by atoms with Crippen molar-refractivity contribution in [2.75, 3.05) is 7.11 Å². The first-order valence-corrected chi connectivity index (χ1v) is 11.1. The maximum Gasteiger partial charge on any atom is 0.354 e. The molecule has 0 saturated heterocycles. The lowest BCUT2D eigenvalue weighted by atomic mass is 10.2. The van der Waals surface area contributed by atoms with Gasteiger partial charge < -0.3 is 20.5 Å². The van der Waals surface area contributed by atoms with Crippen molar-refractivity contribution in [2.24, 2.45) is 0 Å². The number of esters is 1. The van der Waals surface area contributed by atoms with Crippen LogP contribution in [0.1, 0.15) is 60.1 Å². The molecule has 0 aromatic carbocycles. The second-order valence-corrected chi connectivity index (χ2v) is 7.08. The Morgan fingerprint density at radius 1 is 0.838 bits per heavy atom. The third-order valence-corrected chi connectivity index (χ3v) is 4.67. The summed E-state index contributed by atoms with van der Waals surface area (Å²) < 4.78 is 31.4. The number of nitrogens with zero attached hydrogens (tertiary/aromatic N) is 2. The summed E-state index contributed by atoms with van der Waals surface area (Å²) in [4.78, 5) is 53.3. The van der Waals surface area contributed by atoms with Crippen LogP contribution in [0.3, 0.4) is 0 Å². The van der Waals surface area contributed by atoms with Crippen LogP contribution >= 0.6 is 0 Å². The van der Waals surface area contributed by atoms with Gasteiger partial charge in [-0.25, -0.2) is 28.3 Å². The molecule has 0 atom stereocenters. The normalized spacial score (nSPS) is 11.1. The molecule has 0 saturated carbocycles. The van der Waals surface area contributed by atoms with E-state index in [-0.39, 0.29) is 17.1 Å². The van der Waals surface area contributed by atoms with Crippen LogP contribution in [0.2, 0.25) is 0 Å². The van der Waals surface area contributed by atoms with Gasteiger partial charge in [-0.1, -0.05) is 26.0 Å². The summed E-state index contributed by atoms with van der Waals surface area (Å²) >= 11 is 0. The number of amides is 2. The quantitative estimate of drug-likeness (QED) is 0.357. The van der Waals surface area contributed by atoms with Gasteiger partial charge in [0.05, 0.1) is 7.11 Å². The zero-order chi connectivity index (χ0) is 28.1. The van der Waals surface area contributed by atoms with Crippen LogP contribution in [0.15, 0.2) is 47.8 Å². The van der Waals surface area contributed by atoms with Gasteiger partial charge in [0.1, 0.15) is 11.4 Å². The molecule has 0 aliphatic carbocycles. The number of aliphatic carboxylic acids is 1. The number of aromatic nitrogens is 2. The van der Waals surface area contributed by atoms with E-state index < -0.39 is 41.1 Å². The van der Waals surface area contributed by atoms with Gasteiger partial charge >= 0.3 is 11.9 Å². The predicted molar refractivity (Wildman–Crippen MR) is 129 cm³/mol. The molecule has 0 spiro atoms. The minimum Gasteiger partial charge on any atom is -0.477 e. The van der Waals surface area contributed by atoms with Crippen molar-refractivity contribution >= 4 is 23.8 Å². The van der Waals surface area contributed by atoms with Crippen LogP contribution in [0.25, 0.3) is 0 Å². The largest absolute Gasteiger partial charge is 0.477 e. The van der Waals surface area contributed by atoms with Crippen molar-refractivity contribution < 1.29 is 37.8 Å². The molecular formula is C25H28F2N4O6. The van der Waals surface area contributed by atoms with Crippen molar-refractivity contribution in [3.63, 3.8) is 0 Å². The number of carboxylic acids is 1. The summed E-state index contributed by atoms with van der Waals surface area (Å²) in [7, 11) is 1.19. The molecule has 2 rings (SSSR count). The molecule has 2 aromatic rings. The number of allylic oxidation sites excluding steroid dienone is 2. The number of methoxy groups -OCH3 is 1. The van der Waals surface area contributed by atoms with E-state index in [0.717, 1.165) is 6.07 Å². The topological polar surface area (TPSA) is 148 Å². The van der Waals surface area contributed by atoms with Crippen LogP contribution in [0.4, 0.5) is 8.78 Å². The highest BCUT2D eigenvalue weighted by Gasteiger charge is 2.19. The molecule has 12 heteroatoms. The highest BCUT2D eigenvalue weighted by Crippen LogP contribution is 2.09. The first-order valence-electron chi connectivity index (χ1n) is 11.1. The van der Waals surface area contributed by atoms with E-state index in [4.69, 9.17) is 5.11 Å². The molecule has 10 nitrogen and oxygen atoms in total. The lowest BCUT2D eigenvalue weighted by Gasteiger charge is -2.08. The molecule has 2 amide bonds. The first-order chi connectivity index (χ1) is 17.5. The standard InChI is InChI=1S/C13H15FN2O3.C12H13FN2O3/c1-4-8-6-7-9(14)11(15-8)12(17)16-10(5-2)13(18)19-3;1-3-7-5-6-8(13)10(14-7)11(16)15-9(4-2)12(17)18/h5-7H,4H2,1-3H3,(H,16,17);4-6H,3H2,1-2H3,(H,15,16)(H,17,18)/b10-5+;9-4+. The summed E-state index contributed by atoms with van der Waals surface area (Å²) in [5.74, 6) is -5.19. The molecule has 0 fully saturated rings. The number of hydrogen-bond donors (Lipinski definition) is 3. The van der Waals surface area contributed by atoms with Gasteiger partial charge in [0.25, 0.3) is 11.8 Å². The molecule has 0 radical (unpaired) electrons. The average molecular weight is 519 g/mol. The van der Waals surface area contributed by atoms with Crippen molar-refractivity contribution in [1.29, 1.82) is 0 Å². The third-order valence-electron chi connectivity index (χ3n) is 4.67. The monoisotopic (exact) mass is 518 g/mol. The van der Waals surface area contributed by atoms with Gasteiger partial charge in [0, 0.05) is 11.4 Å². The Bertz CT molecular complexity index is 1230.